The summed E-state index contributed by atoms with van der Waals surface area (Å²) in [5, 5.41) is 11.7. The van der Waals surface area contributed by atoms with E-state index in [1.807, 2.05) is 0 Å². The van der Waals surface area contributed by atoms with Gasteiger partial charge in [-0.2, -0.15) is 0 Å². The Morgan fingerprint density at radius 2 is 1.91 bits per heavy atom. The van der Waals surface area contributed by atoms with E-state index in [-0.39, 0.29) is 37.9 Å². The lowest BCUT2D eigenvalue weighted by Gasteiger charge is -2.14. The second-order valence-corrected chi connectivity index (χ2v) is 10.0. The van der Waals surface area contributed by atoms with Crippen molar-refractivity contribution in [1.82, 2.24) is 20.0 Å². The number of rotatable bonds is 13. The monoisotopic (exact) mass is 594 g/mol. The van der Waals surface area contributed by atoms with E-state index in [9.17, 15) is 14.4 Å². The number of nitrogens with zero attached hydrogens (tertiary/aromatic N) is 6. The summed E-state index contributed by atoms with van der Waals surface area (Å²) in [6, 6.07) is 7.99. The summed E-state index contributed by atoms with van der Waals surface area (Å²) >= 11 is 0. The van der Waals surface area contributed by atoms with Crippen molar-refractivity contribution >= 4 is 29.4 Å². The van der Waals surface area contributed by atoms with Crippen LogP contribution in [0, 0.1) is 5.82 Å². The Morgan fingerprint density at radius 3 is 2.60 bits per heavy atom. The molecule has 1 amide bonds. The predicted molar refractivity (Wildman–Crippen MR) is 149 cm³/mol. The van der Waals surface area contributed by atoms with Crippen molar-refractivity contribution in [2.75, 3.05) is 24.7 Å². The third-order valence-corrected chi connectivity index (χ3v) is 6.85. The molecule has 4 heterocycles. The van der Waals surface area contributed by atoms with Crippen LogP contribution in [-0.4, -0.2) is 75.7 Å². The summed E-state index contributed by atoms with van der Waals surface area (Å²) < 4.78 is 32.3. The highest BCUT2D eigenvalue weighted by Crippen LogP contribution is 2.29. The molecule has 14 heteroatoms. The van der Waals surface area contributed by atoms with E-state index < -0.39 is 24.1 Å². The molecule has 0 aliphatic carbocycles. The van der Waals surface area contributed by atoms with E-state index in [0.29, 0.717) is 60.6 Å². The van der Waals surface area contributed by atoms with Crippen LogP contribution in [0.4, 0.5) is 14.9 Å². The number of cyclic esters (lactones) is 1. The topological polar surface area (TPSA) is 147 Å². The fourth-order valence-corrected chi connectivity index (χ4v) is 4.70. The molecule has 2 aromatic heterocycles. The molecule has 0 spiro atoms. The summed E-state index contributed by atoms with van der Waals surface area (Å²) in [6.45, 7) is 2.74. The van der Waals surface area contributed by atoms with Gasteiger partial charge in [0.1, 0.15) is 24.2 Å². The van der Waals surface area contributed by atoms with Crippen LogP contribution in [0.3, 0.4) is 0 Å². The second kappa shape index (κ2) is 13.9. The normalized spacial score (nSPS) is 17.8. The number of hydrogen-bond donors (Lipinski definition) is 0. The highest BCUT2D eigenvalue weighted by atomic mass is 19.1. The molecule has 2 atom stereocenters. The van der Waals surface area contributed by atoms with Crippen LogP contribution in [0.1, 0.15) is 44.7 Å². The molecule has 0 saturated carbocycles. The van der Waals surface area contributed by atoms with Crippen molar-refractivity contribution in [1.29, 1.82) is 0 Å². The van der Waals surface area contributed by atoms with Crippen LogP contribution in [0.5, 0.6) is 0 Å². The number of aromatic nitrogens is 4. The number of anilines is 1. The summed E-state index contributed by atoms with van der Waals surface area (Å²) in [6.07, 6.45) is 5.29. The van der Waals surface area contributed by atoms with Gasteiger partial charge in [0.25, 0.3) is 0 Å². The van der Waals surface area contributed by atoms with E-state index in [2.05, 4.69) is 20.5 Å². The number of unbranched alkanes of at least 4 members (excludes halogenated alkanes) is 1. The number of benzene rings is 1. The standard InChI is InChI=1S/C29H31FN6O7/c1-2-40-27(37)5-3-4-6-28(38)41-18-21-14-26(33-43-21)25-10-7-19(15-31-25)23-9-8-20(13-24(23)30)36-17-22(42-29(36)39)16-35-12-11-32-34-35/h7-13,15,21-22H,2-6,14,16-18H2,1H3/t21-,22-/m0/s1. The van der Waals surface area contributed by atoms with Crippen LogP contribution < -0.4 is 4.90 Å². The van der Waals surface area contributed by atoms with Crippen LogP contribution in [0.2, 0.25) is 0 Å². The highest BCUT2D eigenvalue weighted by molar-refractivity contribution is 5.99. The largest absolute Gasteiger partial charge is 0.466 e. The lowest BCUT2D eigenvalue weighted by atomic mass is 10.0. The molecule has 226 valence electrons. The summed E-state index contributed by atoms with van der Waals surface area (Å²) in [4.78, 5) is 46.9. The van der Waals surface area contributed by atoms with Crippen LogP contribution >= 0.6 is 0 Å². The number of esters is 2. The highest BCUT2D eigenvalue weighted by Gasteiger charge is 2.33. The number of pyridine rings is 1. The van der Waals surface area contributed by atoms with Gasteiger partial charge in [-0.25, -0.2) is 13.9 Å². The van der Waals surface area contributed by atoms with Gasteiger partial charge in [-0.05, 0) is 44.0 Å². The Labute approximate surface area is 246 Å². The number of carbonyl (C=O) groups excluding carboxylic acids is 3. The van der Waals surface area contributed by atoms with E-state index in [1.54, 1.807) is 42.1 Å². The Morgan fingerprint density at radius 1 is 1.09 bits per heavy atom. The van der Waals surface area contributed by atoms with E-state index in [4.69, 9.17) is 19.0 Å². The van der Waals surface area contributed by atoms with Gasteiger partial charge in [0.05, 0.1) is 37.3 Å². The molecule has 3 aromatic rings. The first-order valence-corrected chi connectivity index (χ1v) is 14.0. The van der Waals surface area contributed by atoms with Gasteiger partial charge in [-0.15, -0.1) is 5.10 Å². The zero-order chi connectivity index (χ0) is 30.2. The average Bonchev–Trinajstić information content (AvgIpc) is 3.77. The van der Waals surface area contributed by atoms with Gasteiger partial charge >= 0.3 is 18.0 Å². The second-order valence-electron chi connectivity index (χ2n) is 10.0. The first-order valence-electron chi connectivity index (χ1n) is 14.0. The molecule has 0 radical (unpaired) electrons. The number of amides is 1. The maximum atomic E-state index is 15.2. The third kappa shape index (κ3) is 7.70. The van der Waals surface area contributed by atoms with Gasteiger partial charge in [0.15, 0.2) is 6.10 Å². The van der Waals surface area contributed by atoms with Crippen molar-refractivity contribution in [2.45, 2.75) is 57.8 Å². The maximum absolute atomic E-state index is 15.2. The number of hydrogen-bond acceptors (Lipinski definition) is 11. The van der Waals surface area contributed by atoms with Gasteiger partial charge in [-0.1, -0.05) is 16.4 Å². The summed E-state index contributed by atoms with van der Waals surface area (Å²) in [7, 11) is 0. The molecule has 1 saturated heterocycles. The van der Waals surface area contributed by atoms with E-state index in [0.717, 1.165) is 0 Å². The fraction of sp³-hybridized carbons (Fsp3) is 0.414. The predicted octanol–water partition coefficient (Wildman–Crippen LogP) is 3.66. The first-order chi connectivity index (χ1) is 20.9. The van der Waals surface area contributed by atoms with Crippen LogP contribution in [-0.2, 0) is 35.2 Å². The minimum Gasteiger partial charge on any atom is -0.466 e. The fourth-order valence-electron chi connectivity index (χ4n) is 4.70. The van der Waals surface area contributed by atoms with Crippen molar-refractivity contribution in [2.24, 2.45) is 5.16 Å². The molecule has 0 bridgehead atoms. The van der Waals surface area contributed by atoms with Crippen LogP contribution in [0.15, 0.2) is 54.1 Å². The molecule has 0 unspecified atom stereocenters. The third-order valence-electron chi connectivity index (χ3n) is 6.85. The number of carbonyl (C=O) groups is 3. The lowest BCUT2D eigenvalue weighted by Crippen LogP contribution is -2.26. The number of halogens is 1. The maximum Gasteiger partial charge on any atom is 0.414 e. The molecule has 1 aromatic carbocycles. The van der Waals surface area contributed by atoms with Crippen molar-refractivity contribution in [3.63, 3.8) is 0 Å². The molecule has 1 fully saturated rings. The Kier molecular flexibility index (Phi) is 9.54. The zero-order valence-electron chi connectivity index (χ0n) is 23.6. The minimum absolute atomic E-state index is 0.0467. The van der Waals surface area contributed by atoms with Crippen molar-refractivity contribution in [3.05, 3.63) is 60.4 Å². The minimum atomic E-state index is -0.554. The smallest absolute Gasteiger partial charge is 0.414 e. The number of ether oxygens (including phenoxy) is 3. The Balaban J connectivity index is 1.09. The molecular formula is C29H31FN6O7. The first kappa shape index (κ1) is 29.6. The Hall–Kier alpha value is -4.88. The van der Waals surface area contributed by atoms with E-state index in [1.165, 1.54) is 23.4 Å². The Bertz CT molecular complexity index is 1460. The average molecular weight is 595 g/mol. The van der Waals surface area contributed by atoms with Gasteiger partial charge in [0.2, 0.25) is 0 Å². The molecular weight excluding hydrogens is 563 g/mol. The summed E-state index contributed by atoms with van der Waals surface area (Å²) in [5.74, 6) is -1.15. The lowest BCUT2D eigenvalue weighted by molar-refractivity contribution is -0.148. The molecule has 2 aliphatic heterocycles. The van der Waals surface area contributed by atoms with Crippen molar-refractivity contribution < 1.29 is 37.8 Å². The molecule has 5 rings (SSSR count). The molecule has 2 aliphatic rings. The zero-order valence-corrected chi connectivity index (χ0v) is 23.6. The van der Waals surface area contributed by atoms with E-state index >= 15 is 4.39 Å². The summed E-state index contributed by atoms with van der Waals surface area (Å²) in [5.41, 5.74) is 2.41. The van der Waals surface area contributed by atoms with Crippen molar-refractivity contribution in [3.8, 4) is 11.1 Å². The van der Waals surface area contributed by atoms with Crippen LogP contribution in [0.25, 0.3) is 11.1 Å². The molecule has 43 heavy (non-hydrogen) atoms. The SMILES string of the molecule is CCOC(=O)CCCCC(=O)OC[C@@H]1CC(c2ccc(-c3ccc(N4C[C@H](Cn5ccnn5)OC4=O)cc3F)cn2)=NO1. The quantitative estimate of drug-likeness (QED) is 0.163. The van der Waals surface area contributed by atoms with Gasteiger partial charge < -0.3 is 19.0 Å². The van der Waals surface area contributed by atoms with Gasteiger partial charge in [0, 0.05) is 42.8 Å². The molecule has 13 nitrogen and oxygen atoms in total. The van der Waals surface area contributed by atoms with Gasteiger partial charge in [-0.3, -0.25) is 19.5 Å². The number of oxime groups is 1. The molecule has 0 N–H and O–H groups in total.